The highest BCUT2D eigenvalue weighted by Gasteiger charge is 2.44. The molecule has 39 nitrogen and oxygen atoms in total. The normalized spacial score (nSPS) is 19.0. The molecular weight excluding hydrogens is 1240 g/mol. The fourth-order valence-corrected chi connectivity index (χ4v) is 9.38. The predicted molar refractivity (Wildman–Crippen MR) is 328 cm³/mol. The van der Waals surface area contributed by atoms with Crippen molar-refractivity contribution in [2.75, 3.05) is 58.9 Å². The molecule has 6 aliphatic rings. The van der Waals surface area contributed by atoms with Crippen molar-refractivity contribution >= 4 is 106 Å². The number of fused-ring (bicyclic) bond motifs is 2. The minimum absolute atomic E-state index is 0.0660. The van der Waals surface area contributed by atoms with E-state index in [4.69, 9.17) is 10.9 Å². The summed E-state index contributed by atoms with van der Waals surface area (Å²) >= 11 is 0. The third-order valence-corrected chi connectivity index (χ3v) is 13.8. The van der Waals surface area contributed by atoms with Gasteiger partial charge in [-0.15, -0.1) is 0 Å². The maximum absolute atomic E-state index is 12.5. The molecule has 6 fully saturated rings. The number of Topliss-reactive ketones (excluding diaryl/α,β-unsaturated/α-hetero) is 6. The molecule has 0 aromatic heterocycles. The van der Waals surface area contributed by atoms with Gasteiger partial charge >= 0.3 is 30.1 Å². The summed E-state index contributed by atoms with van der Waals surface area (Å²) < 4.78 is 0. The van der Waals surface area contributed by atoms with Gasteiger partial charge in [0.2, 0.25) is 41.4 Å². The van der Waals surface area contributed by atoms with E-state index in [9.17, 15) is 86.3 Å². The van der Waals surface area contributed by atoms with Gasteiger partial charge in [-0.3, -0.25) is 99.3 Å². The molecule has 13 N–H and O–H groups in total. The number of nitrogens with two attached hydrogens (primary N) is 2. The number of hydrogen-bond acceptors (Lipinski definition) is 23. The molecule has 6 saturated heterocycles. The van der Waals surface area contributed by atoms with Gasteiger partial charge in [-0.25, -0.2) is 92.2 Å². The van der Waals surface area contributed by atoms with Crippen LogP contribution in [0, 0.1) is 0 Å². The Bertz CT molecular complexity index is 2660. The number of carboxylic acid groups (broad SMARTS) is 1. The molecule has 6 rings (SSSR count). The first-order valence-electron chi connectivity index (χ1n) is 30.2. The Balaban J connectivity index is 0.000000585. The summed E-state index contributed by atoms with van der Waals surface area (Å²) in [5.74, 6) is 6.45. The van der Waals surface area contributed by atoms with E-state index in [0.29, 0.717) is 71.2 Å². The first-order chi connectivity index (χ1) is 44.0. The molecule has 0 aromatic rings. The van der Waals surface area contributed by atoms with Crippen LogP contribution >= 0.6 is 0 Å². The fraction of sp³-hybridized carbons (Fsp3) is 0.673. The maximum atomic E-state index is 12.5. The van der Waals surface area contributed by atoms with Crippen LogP contribution in [-0.4, -0.2) is 244 Å². The average molecular weight is 1340 g/mol. The second-order valence-corrected chi connectivity index (χ2v) is 22.0. The molecular formula is C55H94N20O19. The van der Waals surface area contributed by atoms with E-state index in [0.717, 1.165) is 44.3 Å². The topological polar surface area (TPSA) is 508 Å². The number of hydrogen-bond donors (Lipinski definition) is 11. The van der Waals surface area contributed by atoms with Crippen LogP contribution in [0.15, 0.2) is 0 Å². The number of carbonyl (C=O) groups excluding carboxylic acids is 17. The van der Waals surface area contributed by atoms with E-state index in [1.54, 1.807) is 0 Å². The molecule has 0 aliphatic carbocycles. The largest absolute Gasteiger partial charge is 0.481 e. The van der Waals surface area contributed by atoms with Crippen molar-refractivity contribution in [1.82, 2.24) is 93.5 Å². The smallest absolute Gasteiger partial charge is 0.358 e. The van der Waals surface area contributed by atoms with E-state index in [2.05, 4.69) is 43.8 Å². The Hall–Kier alpha value is -9.34. The molecule has 6 aliphatic heterocycles. The summed E-state index contributed by atoms with van der Waals surface area (Å²) in [4.78, 5) is 205. The highest BCUT2D eigenvalue weighted by Crippen LogP contribution is 2.25. The zero-order valence-electron chi connectivity index (χ0n) is 55.3. The quantitative estimate of drug-likeness (QED) is 0.0342. The maximum Gasteiger partial charge on any atom is 0.358 e. The second kappa shape index (κ2) is 42.0. The molecule has 0 unspecified atom stereocenters. The number of hydrazine groups is 10. The first-order valence-corrected chi connectivity index (χ1v) is 30.2. The van der Waals surface area contributed by atoms with Crippen LogP contribution in [0.25, 0.3) is 0 Å². The highest BCUT2D eigenvalue weighted by atomic mass is 16.4. The summed E-state index contributed by atoms with van der Waals surface area (Å²) in [5, 5.41) is 20.3. The SMILES string of the molecule is CC(=O)CCN(NC(C)=O)C(=O)N1NCCC[C@H]1C(C)=O.CC(=O)CCNNC(C)=O.CC(=O)NN.CC(=O)NN(CCC(=O)O)C(=O)N1NCCC[C@H]1C(C)=O.CC(=O)NN1CCC(=O)N2CCC[C@@H](C(C)=O)N2C1=O.CC(=O)[C@@H]1CCCN2C(=O)CCN(N)C(=O)N12. The molecule has 0 saturated carbocycles. The molecule has 4 atom stereocenters. The van der Waals surface area contributed by atoms with Gasteiger partial charge < -0.3 is 5.11 Å². The number of urea groups is 4. The number of ketones is 6. The number of carbonyl (C=O) groups is 18. The molecule has 15 amide bonds. The van der Waals surface area contributed by atoms with Crippen LogP contribution in [0.3, 0.4) is 0 Å². The first kappa shape index (κ1) is 82.7. The molecule has 0 radical (unpaired) electrons. The van der Waals surface area contributed by atoms with Crippen LogP contribution in [0.5, 0.6) is 0 Å². The lowest BCUT2D eigenvalue weighted by Crippen LogP contribution is -2.62. The lowest BCUT2D eigenvalue weighted by molar-refractivity contribution is -0.154. The average Bonchev–Trinajstić information content (AvgIpc) is 1.52. The third kappa shape index (κ3) is 29.1. The van der Waals surface area contributed by atoms with Crippen LogP contribution in [0.1, 0.15) is 160 Å². The number of carboxylic acids is 1. The molecule has 0 aromatic carbocycles. The summed E-state index contributed by atoms with van der Waals surface area (Å²) in [5.41, 5.74) is 19.6. The van der Waals surface area contributed by atoms with Gasteiger partial charge in [-0.1, -0.05) is 0 Å². The summed E-state index contributed by atoms with van der Waals surface area (Å²) in [6.07, 6.45) is 5.74. The lowest BCUT2D eigenvalue weighted by atomic mass is 10.0. The fourth-order valence-electron chi connectivity index (χ4n) is 9.38. The van der Waals surface area contributed by atoms with Gasteiger partial charge in [-0.2, -0.15) is 0 Å². The molecule has 39 heteroatoms. The number of amides is 15. The highest BCUT2D eigenvalue weighted by molar-refractivity contribution is 5.93. The van der Waals surface area contributed by atoms with Crippen molar-refractivity contribution in [3.8, 4) is 0 Å². The Morgan fingerprint density at radius 1 is 0.500 bits per heavy atom. The van der Waals surface area contributed by atoms with Crippen molar-refractivity contribution in [2.24, 2.45) is 11.7 Å². The molecule has 6 heterocycles. The van der Waals surface area contributed by atoms with Crippen molar-refractivity contribution < 1.29 is 91.4 Å². The van der Waals surface area contributed by atoms with Crippen LogP contribution < -0.4 is 55.1 Å². The van der Waals surface area contributed by atoms with Gasteiger partial charge in [0.05, 0.1) is 26.1 Å². The van der Waals surface area contributed by atoms with Crippen molar-refractivity contribution in [1.29, 1.82) is 0 Å². The Labute approximate surface area is 544 Å². The monoisotopic (exact) mass is 1340 g/mol. The number of nitrogens with one attached hydrogen (secondary N) is 8. The van der Waals surface area contributed by atoms with E-state index < -0.39 is 72.0 Å². The molecule has 0 bridgehead atoms. The van der Waals surface area contributed by atoms with Gasteiger partial charge in [0, 0.05) is 99.6 Å². The van der Waals surface area contributed by atoms with Crippen LogP contribution in [-0.2, 0) is 67.1 Å². The summed E-state index contributed by atoms with van der Waals surface area (Å²) in [6.45, 7) is 17.8. The zero-order chi connectivity index (χ0) is 71.7. The van der Waals surface area contributed by atoms with E-state index >= 15 is 0 Å². The minimum atomic E-state index is -1.09. The van der Waals surface area contributed by atoms with Crippen LogP contribution in [0.4, 0.5) is 19.2 Å². The minimum Gasteiger partial charge on any atom is -0.481 e. The van der Waals surface area contributed by atoms with Gasteiger partial charge in [0.15, 0.2) is 23.1 Å². The predicted octanol–water partition coefficient (Wildman–Crippen LogP) is -2.77. The summed E-state index contributed by atoms with van der Waals surface area (Å²) in [7, 11) is 0. The van der Waals surface area contributed by atoms with Crippen molar-refractivity contribution in [2.45, 2.75) is 184 Å². The molecule has 0 spiro atoms. The number of aliphatic carboxylic acids is 1. The number of nitrogens with zero attached hydrogens (tertiary/aromatic N) is 10. The second-order valence-electron chi connectivity index (χ2n) is 22.0. The van der Waals surface area contributed by atoms with Crippen LogP contribution in [0.2, 0.25) is 0 Å². The zero-order valence-corrected chi connectivity index (χ0v) is 55.3. The van der Waals surface area contributed by atoms with E-state index in [1.807, 2.05) is 5.43 Å². The summed E-state index contributed by atoms with van der Waals surface area (Å²) in [6, 6.07) is -4.58. The Kier molecular flexibility index (Phi) is 36.9. The van der Waals surface area contributed by atoms with E-state index in [1.165, 1.54) is 101 Å². The van der Waals surface area contributed by atoms with Gasteiger partial charge in [-0.05, 0) is 92.9 Å². The number of rotatable bonds is 15. The Morgan fingerprint density at radius 2 is 0.894 bits per heavy atom. The molecule has 528 valence electrons. The van der Waals surface area contributed by atoms with E-state index in [-0.39, 0.29) is 110 Å². The third-order valence-electron chi connectivity index (χ3n) is 13.8. The lowest BCUT2D eigenvalue weighted by Gasteiger charge is -2.42. The standard InChI is InChI=1S/C13H22N4O4.C12H20N4O5.C12H18N4O4.C10H16N4O3.C6H12N2O2.C2H6N2O/c1-9(18)6-8-16(15-11(3)20)13(21)17-12(10(2)19)5-4-7-14-17;1-8(17)10-4-3-6-13-16(10)12(21)15(14-9(2)18)7-5-11(19)20;1-8(17)10-4-3-6-15-11(19)5-7-14(13-9(2)18)12(20)16(10)15;1-7(15)8-3-2-5-13-9(16)4-6-12(11)10(17)14(8)13;1-5(9)3-4-7-8-6(2)10;1-2(5)4-3/h12,14H,4-8H2,1-3H3,(H,15,20);10,13H,3-7H2,1-2H3,(H,14,18)(H,19,20);10H,3-7H2,1-2H3,(H,13,18);8H,2-6,11H2,1H3;7H,3-4H2,1-2H3,(H,8,10);3H2,1H3,(H,4,5)/t12-;2*10-;8-;;/m0000../s1. The van der Waals surface area contributed by atoms with Gasteiger partial charge in [0.1, 0.15) is 35.7 Å². The van der Waals surface area contributed by atoms with Gasteiger partial charge in [0.25, 0.3) is 0 Å². The Morgan fingerprint density at radius 3 is 1.26 bits per heavy atom. The molecule has 94 heavy (non-hydrogen) atoms. The van der Waals surface area contributed by atoms with Crippen molar-refractivity contribution in [3.63, 3.8) is 0 Å². The van der Waals surface area contributed by atoms with Crippen molar-refractivity contribution in [3.05, 3.63) is 0 Å².